The first-order valence-corrected chi connectivity index (χ1v) is 9.23. The zero-order chi connectivity index (χ0) is 19.6. The molecule has 1 unspecified atom stereocenters. The lowest BCUT2D eigenvalue weighted by Crippen LogP contribution is -2.35. The van der Waals surface area contributed by atoms with E-state index in [9.17, 15) is 4.79 Å². The molecule has 1 amide bonds. The molecule has 1 fully saturated rings. The van der Waals surface area contributed by atoms with Gasteiger partial charge in [-0.2, -0.15) is 0 Å². The molecule has 0 bridgehead atoms. The molecule has 1 aromatic heterocycles. The van der Waals surface area contributed by atoms with Gasteiger partial charge in [0.25, 0.3) is 0 Å². The molecule has 1 aliphatic heterocycles. The Hall–Kier alpha value is -2.28. The van der Waals surface area contributed by atoms with Crippen LogP contribution in [0.15, 0.2) is 18.5 Å². The molecule has 2 heterocycles. The molecule has 7 nitrogen and oxygen atoms in total. The van der Waals surface area contributed by atoms with Crippen molar-refractivity contribution in [3.8, 4) is 11.5 Å². The van der Waals surface area contributed by atoms with Crippen LogP contribution in [0.2, 0.25) is 5.15 Å². The van der Waals surface area contributed by atoms with Crippen molar-refractivity contribution in [3.05, 3.63) is 23.6 Å². The summed E-state index contributed by atoms with van der Waals surface area (Å²) >= 11 is 6.15. The summed E-state index contributed by atoms with van der Waals surface area (Å²) in [5, 5.41) is 1.07. The van der Waals surface area contributed by atoms with Gasteiger partial charge >= 0.3 is 6.09 Å². The Morgan fingerprint density at radius 1 is 1.30 bits per heavy atom. The molecule has 27 heavy (non-hydrogen) atoms. The van der Waals surface area contributed by atoms with Gasteiger partial charge < -0.3 is 19.1 Å². The first kappa shape index (κ1) is 19.5. The lowest BCUT2D eigenvalue weighted by Gasteiger charge is -2.24. The van der Waals surface area contributed by atoms with E-state index >= 15 is 0 Å². The molecule has 0 N–H and O–H groups in total. The number of methoxy groups -OCH3 is 1. The zero-order valence-electron chi connectivity index (χ0n) is 16.0. The highest BCUT2D eigenvalue weighted by Crippen LogP contribution is 2.34. The van der Waals surface area contributed by atoms with Crippen LogP contribution in [0.5, 0.6) is 11.5 Å². The number of halogens is 1. The number of carbonyl (C=O) groups excluding carboxylic acids is 1. The number of likely N-dealkylation sites (tertiary alicyclic amines) is 1. The molecule has 1 aliphatic rings. The van der Waals surface area contributed by atoms with E-state index in [1.165, 1.54) is 6.33 Å². The maximum absolute atomic E-state index is 12.2. The van der Waals surface area contributed by atoms with Crippen LogP contribution < -0.4 is 9.47 Å². The van der Waals surface area contributed by atoms with Crippen molar-refractivity contribution in [3.63, 3.8) is 0 Å². The Kier molecular flexibility index (Phi) is 5.60. The quantitative estimate of drug-likeness (QED) is 0.733. The third-order valence-corrected chi connectivity index (χ3v) is 4.59. The summed E-state index contributed by atoms with van der Waals surface area (Å²) in [6, 6.07) is 3.57. The summed E-state index contributed by atoms with van der Waals surface area (Å²) < 4.78 is 16.8. The summed E-state index contributed by atoms with van der Waals surface area (Å²) in [6.07, 6.45) is 1.99. The monoisotopic (exact) mass is 393 g/mol. The van der Waals surface area contributed by atoms with Crippen molar-refractivity contribution >= 4 is 28.6 Å². The lowest BCUT2D eigenvalue weighted by molar-refractivity contribution is 0.0284. The fourth-order valence-electron chi connectivity index (χ4n) is 2.97. The van der Waals surface area contributed by atoms with Crippen LogP contribution in [-0.2, 0) is 4.74 Å². The minimum Gasteiger partial charge on any atom is -0.493 e. The number of benzene rings is 1. The molecule has 8 heteroatoms. The molecule has 3 rings (SSSR count). The zero-order valence-corrected chi connectivity index (χ0v) is 16.7. The van der Waals surface area contributed by atoms with Gasteiger partial charge in [-0.25, -0.2) is 14.8 Å². The molecule has 0 saturated carbocycles. The SMILES string of the molecule is COc1cc2ncnc(Cl)c2cc1OCC1CCN(C(=O)OC(C)(C)C)C1. The van der Waals surface area contributed by atoms with Crippen LogP contribution in [0.1, 0.15) is 27.2 Å². The molecule has 0 aliphatic carbocycles. The molecule has 0 spiro atoms. The number of hydrogen-bond donors (Lipinski definition) is 0. The molecular formula is C19H24ClN3O4. The fourth-order valence-corrected chi connectivity index (χ4v) is 3.17. The third kappa shape index (κ3) is 4.71. The highest BCUT2D eigenvalue weighted by molar-refractivity contribution is 6.34. The third-order valence-electron chi connectivity index (χ3n) is 4.28. The summed E-state index contributed by atoms with van der Waals surface area (Å²) in [5.41, 5.74) is 0.196. The van der Waals surface area contributed by atoms with Gasteiger partial charge in [-0.05, 0) is 33.3 Å². The molecule has 1 saturated heterocycles. The summed E-state index contributed by atoms with van der Waals surface area (Å²) in [6.45, 7) is 7.33. The summed E-state index contributed by atoms with van der Waals surface area (Å²) in [5.74, 6) is 1.39. The van der Waals surface area contributed by atoms with Gasteiger partial charge in [0.15, 0.2) is 11.5 Å². The Morgan fingerprint density at radius 3 is 2.78 bits per heavy atom. The number of rotatable bonds is 4. The van der Waals surface area contributed by atoms with E-state index in [1.54, 1.807) is 24.1 Å². The van der Waals surface area contributed by atoms with Crippen molar-refractivity contribution in [1.29, 1.82) is 0 Å². The minimum absolute atomic E-state index is 0.223. The number of ether oxygens (including phenoxy) is 3. The Bertz CT molecular complexity index is 838. The van der Waals surface area contributed by atoms with Crippen LogP contribution in [0.4, 0.5) is 4.79 Å². The van der Waals surface area contributed by atoms with Crippen LogP contribution in [0, 0.1) is 5.92 Å². The summed E-state index contributed by atoms with van der Waals surface area (Å²) in [7, 11) is 1.58. The van der Waals surface area contributed by atoms with Crippen LogP contribution in [0.3, 0.4) is 0 Å². The van der Waals surface area contributed by atoms with Crippen molar-refractivity contribution in [2.45, 2.75) is 32.8 Å². The van der Waals surface area contributed by atoms with Gasteiger partial charge in [0.05, 0.1) is 19.2 Å². The highest BCUT2D eigenvalue weighted by Gasteiger charge is 2.30. The Labute approximate surface area is 163 Å². The first-order valence-electron chi connectivity index (χ1n) is 8.86. The van der Waals surface area contributed by atoms with Gasteiger partial charge in [0.1, 0.15) is 17.1 Å². The van der Waals surface area contributed by atoms with E-state index in [0.29, 0.717) is 47.3 Å². The molecule has 2 aromatic rings. The van der Waals surface area contributed by atoms with E-state index in [1.807, 2.05) is 20.8 Å². The van der Waals surface area contributed by atoms with Crippen molar-refractivity contribution < 1.29 is 19.0 Å². The van der Waals surface area contributed by atoms with Gasteiger partial charge in [-0.15, -0.1) is 0 Å². The fraction of sp³-hybridized carbons (Fsp3) is 0.526. The van der Waals surface area contributed by atoms with Gasteiger partial charge in [-0.3, -0.25) is 0 Å². The standard InChI is InChI=1S/C19H24ClN3O4/c1-19(2,3)27-18(24)23-6-5-12(9-23)10-26-16-7-13-14(8-15(16)25-4)21-11-22-17(13)20/h7-8,11-12H,5-6,9-10H2,1-4H3. The lowest BCUT2D eigenvalue weighted by atomic mass is 10.1. The van der Waals surface area contributed by atoms with E-state index in [4.69, 9.17) is 25.8 Å². The smallest absolute Gasteiger partial charge is 0.410 e. The number of fused-ring (bicyclic) bond motifs is 1. The van der Waals surface area contributed by atoms with Gasteiger partial charge in [0, 0.05) is 30.5 Å². The molecule has 1 atom stereocenters. The largest absolute Gasteiger partial charge is 0.493 e. The molecule has 0 radical (unpaired) electrons. The maximum Gasteiger partial charge on any atom is 0.410 e. The van der Waals surface area contributed by atoms with Crippen LogP contribution in [0.25, 0.3) is 10.9 Å². The summed E-state index contributed by atoms with van der Waals surface area (Å²) in [4.78, 5) is 22.1. The number of hydrogen-bond acceptors (Lipinski definition) is 6. The predicted octanol–water partition coefficient (Wildman–Crippen LogP) is 3.93. The van der Waals surface area contributed by atoms with Crippen molar-refractivity contribution in [1.82, 2.24) is 14.9 Å². The second-order valence-electron chi connectivity index (χ2n) is 7.58. The number of aromatic nitrogens is 2. The topological polar surface area (TPSA) is 73.8 Å². The van der Waals surface area contributed by atoms with E-state index < -0.39 is 5.60 Å². The van der Waals surface area contributed by atoms with Gasteiger partial charge in [-0.1, -0.05) is 11.6 Å². The number of amides is 1. The van der Waals surface area contributed by atoms with E-state index in [0.717, 1.165) is 6.42 Å². The normalized spacial score (nSPS) is 17.2. The second kappa shape index (κ2) is 7.76. The first-order chi connectivity index (χ1) is 12.8. The molecular weight excluding hydrogens is 370 g/mol. The van der Waals surface area contributed by atoms with E-state index in [2.05, 4.69) is 9.97 Å². The second-order valence-corrected chi connectivity index (χ2v) is 7.93. The average molecular weight is 394 g/mol. The Morgan fingerprint density at radius 2 is 2.07 bits per heavy atom. The molecule has 1 aromatic carbocycles. The number of nitrogens with zero attached hydrogens (tertiary/aromatic N) is 3. The average Bonchev–Trinajstić information content (AvgIpc) is 3.07. The maximum atomic E-state index is 12.2. The molecule has 146 valence electrons. The minimum atomic E-state index is -0.495. The number of carbonyl (C=O) groups is 1. The van der Waals surface area contributed by atoms with Gasteiger partial charge in [0.2, 0.25) is 0 Å². The predicted molar refractivity (Wildman–Crippen MR) is 103 cm³/mol. The van der Waals surface area contributed by atoms with Crippen molar-refractivity contribution in [2.24, 2.45) is 5.92 Å². The van der Waals surface area contributed by atoms with Crippen molar-refractivity contribution in [2.75, 3.05) is 26.8 Å². The van der Waals surface area contributed by atoms with Crippen LogP contribution in [-0.4, -0.2) is 53.4 Å². The van der Waals surface area contributed by atoms with E-state index in [-0.39, 0.29) is 12.0 Å². The highest BCUT2D eigenvalue weighted by atomic mass is 35.5. The van der Waals surface area contributed by atoms with Crippen LogP contribution >= 0.6 is 11.6 Å². The Balaban J connectivity index is 1.65.